The van der Waals surface area contributed by atoms with Crippen LogP contribution in [0.25, 0.3) is 0 Å². The maximum absolute atomic E-state index is 12.6. The number of carbonyl (C=O) groups is 1. The molecule has 5 nitrogen and oxygen atoms in total. The summed E-state index contributed by atoms with van der Waals surface area (Å²) < 4.78 is 23.4. The molecule has 0 unspecified atom stereocenters. The third-order valence-electron chi connectivity index (χ3n) is 3.87. The Bertz CT molecular complexity index is 642. The number of halogens is 1. The van der Waals surface area contributed by atoms with Crippen molar-refractivity contribution in [3.63, 3.8) is 0 Å². The van der Waals surface area contributed by atoms with Crippen molar-refractivity contribution >= 4 is 31.9 Å². The number of carbonyl (C=O) groups excluding carboxylic acids is 1. The zero-order chi connectivity index (χ0) is 15.6. The number of rotatable bonds is 5. The molecule has 1 aromatic carbocycles. The van der Waals surface area contributed by atoms with Gasteiger partial charge in [-0.1, -0.05) is 6.42 Å². The molecule has 1 saturated carbocycles. The lowest BCUT2D eigenvalue weighted by Crippen LogP contribution is -2.37. The van der Waals surface area contributed by atoms with E-state index in [1.54, 1.807) is 11.0 Å². The molecule has 0 aliphatic heterocycles. The van der Waals surface area contributed by atoms with Crippen molar-refractivity contribution in [1.29, 1.82) is 0 Å². The maximum atomic E-state index is 12.6. The van der Waals surface area contributed by atoms with Gasteiger partial charge in [0.2, 0.25) is 10.0 Å². The summed E-state index contributed by atoms with van der Waals surface area (Å²) in [6.07, 6.45) is 3.53. The quantitative estimate of drug-likeness (QED) is 0.858. The summed E-state index contributed by atoms with van der Waals surface area (Å²) in [5.41, 5.74) is 0.336. The van der Waals surface area contributed by atoms with Crippen LogP contribution in [0, 0.1) is 5.92 Å². The highest BCUT2D eigenvalue weighted by Gasteiger charge is 2.25. The Morgan fingerprint density at radius 2 is 2.10 bits per heavy atom. The van der Waals surface area contributed by atoms with Gasteiger partial charge < -0.3 is 4.90 Å². The predicted molar refractivity (Wildman–Crippen MR) is 84.4 cm³/mol. The van der Waals surface area contributed by atoms with Crippen LogP contribution in [0.1, 0.15) is 36.5 Å². The molecule has 1 fully saturated rings. The minimum atomic E-state index is -3.82. The summed E-state index contributed by atoms with van der Waals surface area (Å²) in [6, 6.07) is 4.27. The van der Waals surface area contributed by atoms with Gasteiger partial charge in [-0.3, -0.25) is 4.79 Å². The van der Waals surface area contributed by atoms with E-state index in [1.165, 1.54) is 18.6 Å². The van der Waals surface area contributed by atoms with Gasteiger partial charge >= 0.3 is 0 Å². The second kappa shape index (κ2) is 6.46. The van der Waals surface area contributed by atoms with E-state index in [-0.39, 0.29) is 10.8 Å². The van der Waals surface area contributed by atoms with Crippen LogP contribution in [0.15, 0.2) is 27.6 Å². The largest absolute Gasteiger partial charge is 0.339 e. The molecule has 0 radical (unpaired) electrons. The SMILES string of the molecule is CCN(CC1CCC1)C(=O)c1cc(S(N)(=O)=O)ccc1Br. The number of benzene rings is 1. The molecule has 0 spiro atoms. The number of nitrogens with zero attached hydrogens (tertiary/aromatic N) is 1. The molecule has 1 aliphatic rings. The normalized spacial score (nSPS) is 15.6. The van der Waals surface area contributed by atoms with Gasteiger partial charge in [0.25, 0.3) is 5.91 Å². The lowest BCUT2D eigenvalue weighted by atomic mass is 9.85. The van der Waals surface area contributed by atoms with E-state index in [0.29, 0.717) is 22.5 Å². The fraction of sp³-hybridized carbons (Fsp3) is 0.500. The number of primary sulfonamides is 1. The van der Waals surface area contributed by atoms with E-state index in [0.717, 1.165) is 19.4 Å². The average Bonchev–Trinajstić information content (AvgIpc) is 2.36. The van der Waals surface area contributed by atoms with E-state index < -0.39 is 10.0 Å². The number of amides is 1. The van der Waals surface area contributed by atoms with Gasteiger partial charge in [-0.2, -0.15) is 0 Å². The van der Waals surface area contributed by atoms with Gasteiger partial charge in [0.05, 0.1) is 10.5 Å². The summed E-state index contributed by atoms with van der Waals surface area (Å²) in [7, 11) is -3.82. The third kappa shape index (κ3) is 3.84. The van der Waals surface area contributed by atoms with Crippen molar-refractivity contribution in [3.8, 4) is 0 Å². The predicted octanol–water partition coefficient (Wildman–Crippen LogP) is 2.36. The zero-order valence-corrected chi connectivity index (χ0v) is 14.3. The molecule has 0 heterocycles. The molecule has 1 aliphatic carbocycles. The minimum absolute atomic E-state index is 0.0475. The topological polar surface area (TPSA) is 80.5 Å². The Kier molecular flexibility index (Phi) is 5.06. The number of hydrogen-bond acceptors (Lipinski definition) is 3. The van der Waals surface area contributed by atoms with Gasteiger partial charge in [0.1, 0.15) is 0 Å². The lowest BCUT2D eigenvalue weighted by Gasteiger charge is -2.32. The molecule has 1 amide bonds. The van der Waals surface area contributed by atoms with Gasteiger partial charge in [0.15, 0.2) is 0 Å². The van der Waals surface area contributed by atoms with Crippen LogP contribution in [-0.4, -0.2) is 32.3 Å². The Labute approximate surface area is 133 Å². The first-order valence-electron chi connectivity index (χ1n) is 6.94. The molecule has 0 bridgehead atoms. The van der Waals surface area contributed by atoms with Gasteiger partial charge in [0, 0.05) is 17.6 Å². The highest BCUT2D eigenvalue weighted by Crippen LogP contribution is 2.28. The van der Waals surface area contributed by atoms with Crippen molar-refractivity contribution < 1.29 is 13.2 Å². The summed E-state index contributed by atoms with van der Waals surface area (Å²) in [6.45, 7) is 3.25. The monoisotopic (exact) mass is 374 g/mol. The highest BCUT2D eigenvalue weighted by atomic mass is 79.9. The third-order valence-corrected chi connectivity index (χ3v) is 5.47. The first-order valence-corrected chi connectivity index (χ1v) is 9.28. The average molecular weight is 375 g/mol. The smallest absolute Gasteiger partial charge is 0.255 e. The van der Waals surface area contributed by atoms with Crippen LogP contribution in [0.2, 0.25) is 0 Å². The van der Waals surface area contributed by atoms with Crippen LogP contribution in [0.3, 0.4) is 0 Å². The molecule has 7 heteroatoms. The molecular formula is C14H19BrN2O3S. The van der Waals surface area contributed by atoms with E-state index in [4.69, 9.17) is 5.14 Å². The summed E-state index contributed by atoms with van der Waals surface area (Å²) in [5, 5.41) is 5.13. The van der Waals surface area contributed by atoms with Crippen molar-refractivity contribution in [3.05, 3.63) is 28.2 Å². The molecule has 21 heavy (non-hydrogen) atoms. The number of sulfonamides is 1. The van der Waals surface area contributed by atoms with E-state index >= 15 is 0 Å². The van der Waals surface area contributed by atoms with Crippen LogP contribution >= 0.6 is 15.9 Å². The summed E-state index contributed by atoms with van der Waals surface area (Å²) in [4.78, 5) is 14.3. The zero-order valence-electron chi connectivity index (χ0n) is 11.9. The lowest BCUT2D eigenvalue weighted by molar-refractivity contribution is 0.0705. The van der Waals surface area contributed by atoms with Crippen LogP contribution in [0.4, 0.5) is 0 Å². The summed E-state index contributed by atoms with van der Waals surface area (Å²) in [5.74, 6) is 0.399. The fourth-order valence-electron chi connectivity index (χ4n) is 2.36. The fourth-order valence-corrected chi connectivity index (χ4v) is 3.31. The van der Waals surface area contributed by atoms with Gasteiger partial charge in [-0.05, 0) is 59.8 Å². The van der Waals surface area contributed by atoms with Crippen molar-refractivity contribution in [2.75, 3.05) is 13.1 Å². The molecule has 0 aromatic heterocycles. The second-order valence-corrected chi connectivity index (χ2v) is 7.74. The van der Waals surface area contributed by atoms with Crippen LogP contribution < -0.4 is 5.14 Å². The van der Waals surface area contributed by atoms with E-state index in [9.17, 15) is 13.2 Å². The number of hydrogen-bond donors (Lipinski definition) is 1. The Morgan fingerprint density at radius 3 is 2.57 bits per heavy atom. The first-order chi connectivity index (χ1) is 9.82. The molecule has 0 atom stereocenters. The van der Waals surface area contributed by atoms with Gasteiger partial charge in [-0.15, -0.1) is 0 Å². The molecule has 2 N–H and O–H groups in total. The van der Waals surface area contributed by atoms with Crippen LogP contribution in [-0.2, 0) is 10.0 Å². The van der Waals surface area contributed by atoms with Crippen molar-refractivity contribution in [2.45, 2.75) is 31.1 Å². The van der Waals surface area contributed by atoms with Crippen molar-refractivity contribution in [2.24, 2.45) is 11.1 Å². The molecule has 1 aromatic rings. The molecule has 2 rings (SSSR count). The molecule has 116 valence electrons. The maximum Gasteiger partial charge on any atom is 0.255 e. The number of nitrogens with two attached hydrogens (primary N) is 1. The van der Waals surface area contributed by atoms with E-state index in [2.05, 4.69) is 15.9 Å². The second-order valence-electron chi connectivity index (χ2n) is 5.33. The summed E-state index contributed by atoms with van der Waals surface area (Å²) >= 11 is 3.31. The Morgan fingerprint density at radius 1 is 1.43 bits per heavy atom. The van der Waals surface area contributed by atoms with Crippen LogP contribution in [0.5, 0.6) is 0 Å². The minimum Gasteiger partial charge on any atom is -0.339 e. The van der Waals surface area contributed by atoms with E-state index in [1.807, 2.05) is 6.92 Å². The molecular weight excluding hydrogens is 356 g/mol. The standard InChI is InChI=1S/C14H19BrN2O3S/c1-2-17(9-10-4-3-5-10)14(18)12-8-11(21(16,19)20)6-7-13(12)15/h6-8,10H,2-5,9H2,1H3,(H2,16,19,20). The first kappa shape index (κ1) is 16.5. The Hall–Kier alpha value is -0.920. The Balaban J connectivity index is 2.27. The van der Waals surface area contributed by atoms with Gasteiger partial charge in [-0.25, -0.2) is 13.6 Å². The highest BCUT2D eigenvalue weighted by molar-refractivity contribution is 9.10. The van der Waals surface area contributed by atoms with Crippen molar-refractivity contribution in [1.82, 2.24) is 4.90 Å². The molecule has 0 saturated heterocycles.